The molecule has 0 heterocycles. The summed E-state index contributed by atoms with van der Waals surface area (Å²) in [5.74, 6) is -2.27. The van der Waals surface area contributed by atoms with E-state index in [1.54, 1.807) is 0 Å². The Morgan fingerprint density at radius 3 is 1.38 bits per heavy atom. The van der Waals surface area contributed by atoms with Crippen LogP contribution in [-0.4, -0.2) is 106 Å². The number of carboxylic acids is 1. The van der Waals surface area contributed by atoms with Gasteiger partial charge < -0.3 is 49.6 Å². The Kier molecular flexibility index (Phi) is 20.9. The number of carbonyl (C=O) groups excluding carboxylic acids is 1. The van der Waals surface area contributed by atoms with Crippen LogP contribution in [-0.2, 0) is 46.1 Å². The van der Waals surface area contributed by atoms with E-state index >= 15 is 0 Å². The summed E-state index contributed by atoms with van der Waals surface area (Å²) in [6.45, 7) is 1.14. The van der Waals surface area contributed by atoms with Gasteiger partial charge in [0.25, 0.3) is 0 Å². The van der Waals surface area contributed by atoms with E-state index in [0.29, 0.717) is 6.42 Å². The molecule has 1 aliphatic rings. The monoisotopic (exact) mass is 760 g/mol. The van der Waals surface area contributed by atoms with Gasteiger partial charge in [-0.15, -0.1) is 0 Å². The van der Waals surface area contributed by atoms with E-state index in [1.807, 2.05) is 0 Å². The first-order valence-corrected chi connectivity index (χ1v) is 20.4. The molecule has 8 atom stereocenters. The molecule has 22 heteroatoms. The Morgan fingerprint density at radius 1 is 0.625 bits per heavy atom. The van der Waals surface area contributed by atoms with E-state index in [2.05, 4.69) is 25.0 Å². The number of phosphoric ester groups is 3. The first-order valence-electron chi connectivity index (χ1n) is 15.9. The van der Waals surface area contributed by atoms with Crippen molar-refractivity contribution in [2.45, 2.75) is 146 Å². The fraction of sp³-hybridized carbons (Fsp3) is 0.923. The van der Waals surface area contributed by atoms with E-state index in [4.69, 9.17) is 29.4 Å². The number of carboxylic acid groups (broad SMARTS) is 1. The number of phosphoric acid groups is 3. The van der Waals surface area contributed by atoms with Crippen molar-refractivity contribution in [2.24, 2.45) is 0 Å². The van der Waals surface area contributed by atoms with Gasteiger partial charge in [-0.2, -0.15) is 0 Å². The molecule has 0 bridgehead atoms. The molecular weight excluding hydrogens is 709 g/mol. The van der Waals surface area contributed by atoms with Gasteiger partial charge in [-0.1, -0.05) is 84.0 Å². The molecule has 48 heavy (non-hydrogen) atoms. The fourth-order valence-electron chi connectivity index (χ4n) is 5.08. The van der Waals surface area contributed by atoms with Crippen LogP contribution in [0.25, 0.3) is 0 Å². The molecule has 0 aliphatic heterocycles. The highest BCUT2D eigenvalue weighted by Gasteiger charge is 2.56. The molecule has 0 aromatic rings. The zero-order chi connectivity index (χ0) is 36.5. The summed E-state index contributed by atoms with van der Waals surface area (Å²) in [5.41, 5.74) is 0. The van der Waals surface area contributed by atoms with Crippen molar-refractivity contribution in [1.29, 1.82) is 0 Å². The molecule has 284 valence electrons. The number of rotatable bonds is 26. The quantitative estimate of drug-likeness (QED) is 0.0347. The summed E-state index contributed by atoms with van der Waals surface area (Å²) in [5, 5.41) is 40.3. The Hall–Kier alpha value is -0.850. The maximum absolute atomic E-state index is 12.7. The van der Waals surface area contributed by atoms with Gasteiger partial charge in [-0.05, 0) is 6.42 Å². The van der Waals surface area contributed by atoms with Gasteiger partial charge >= 0.3 is 35.4 Å². The Morgan fingerprint density at radius 2 is 1.00 bits per heavy atom. The number of carbonyl (C=O) groups is 2. The van der Waals surface area contributed by atoms with E-state index < -0.39 is 91.2 Å². The Bertz CT molecular complexity index is 1060. The molecule has 4 unspecified atom stereocenters. The van der Waals surface area contributed by atoms with Crippen LogP contribution in [0.5, 0.6) is 0 Å². The normalized spacial score (nSPS) is 25.4. The summed E-state index contributed by atoms with van der Waals surface area (Å²) in [4.78, 5) is 70.2. The van der Waals surface area contributed by atoms with Gasteiger partial charge in [0, 0.05) is 6.42 Å². The van der Waals surface area contributed by atoms with Crippen LogP contribution in [0.15, 0.2) is 0 Å². The zero-order valence-electron chi connectivity index (χ0n) is 26.8. The maximum Gasteiger partial charge on any atom is 0.472 e. The molecule has 0 aromatic heterocycles. The summed E-state index contributed by atoms with van der Waals surface area (Å²) < 4.78 is 58.2. The van der Waals surface area contributed by atoms with Gasteiger partial charge in [0.15, 0.2) is 0 Å². The molecule has 1 rings (SSSR count). The second kappa shape index (κ2) is 22.2. The SMILES string of the molecule is CCCCCCCCCCCCCCCC(=O)O[C@@H](COP(=O)(O)OC1C(O)[C@H](OP(=O)(O)O)[C@H](O)C(OP(=O)(O)O)[C@@H]1O)CC(=O)O. The van der Waals surface area contributed by atoms with Crippen LogP contribution in [0.1, 0.15) is 103 Å². The van der Waals surface area contributed by atoms with Gasteiger partial charge in [-0.3, -0.25) is 27.7 Å². The number of aliphatic hydroxyl groups excluding tert-OH is 3. The zero-order valence-corrected chi connectivity index (χ0v) is 29.5. The van der Waals surface area contributed by atoms with Crippen LogP contribution in [0.4, 0.5) is 0 Å². The molecule has 0 radical (unpaired) electrons. The Balaban J connectivity index is 2.65. The minimum Gasteiger partial charge on any atom is -0.481 e. The van der Waals surface area contributed by atoms with Crippen molar-refractivity contribution in [3.05, 3.63) is 0 Å². The van der Waals surface area contributed by atoms with E-state index in [-0.39, 0.29) is 6.42 Å². The average molecular weight is 761 g/mol. The van der Waals surface area contributed by atoms with Crippen LogP contribution >= 0.6 is 23.5 Å². The molecule has 1 fully saturated rings. The highest BCUT2D eigenvalue weighted by atomic mass is 31.2. The first-order chi connectivity index (χ1) is 22.3. The summed E-state index contributed by atoms with van der Waals surface area (Å²) >= 11 is 0. The van der Waals surface area contributed by atoms with Crippen molar-refractivity contribution < 1.29 is 91.0 Å². The Labute approximate surface area is 279 Å². The number of aliphatic hydroxyl groups is 3. The number of unbranched alkanes of at least 4 members (excludes halogenated alkanes) is 12. The van der Waals surface area contributed by atoms with E-state index in [1.165, 1.54) is 44.9 Å². The third kappa shape index (κ3) is 19.5. The van der Waals surface area contributed by atoms with Crippen molar-refractivity contribution in [3.8, 4) is 0 Å². The number of esters is 1. The predicted molar refractivity (Wildman–Crippen MR) is 165 cm³/mol. The highest BCUT2D eigenvalue weighted by molar-refractivity contribution is 7.47. The lowest BCUT2D eigenvalue weighted by Gasteiger charge is -2.44. The summed E-state index contributed by atoms with van der Waals surface area (Å²) in [6, 6.07) is 0. The third-order valence-corrected chi connectivity index (χ3v) is 9.42. The minimum absolute atomic E-state index is 0.0636. The van der Waals surface area contributed by atoms with Crippen LogP contribution in [0, 0.1) is 0 Å². The lowest BCUT2D eigenvalue weighted by atomic mass is 9.85. The number of ether oxygens (including phenoxy) is 1. The molecule has 0 aromatic carbocycles. The topological polar surface area (TPSA) is 314 Å². The molecule has 9 N–H and O–H groups in total. The number of hydrogen-bond acceptors (Lipinski definition) is 13. The van der Waals surface area contributed by atoms with Gasteiger partial charge in [0.2, 0.25) is 0 Å². The predicted octanol–water partition coefficient (Wildman–Crippen LogP) is 2.41. The molecular formula is C26H51O19P3. The van der Waals surface area contributed by atoms with Crippen LogP contribution in [0.3, 0.4) is 0 Å². The van der Waals surface area contributed by atoms with Gasteiger partial charge in [-0.25, -0.2) is 13.7 Å². The lowest BCUT2D eigenvalue weighted by Crippen LogP contribution is -2.65. The minimum atomic E-state index is -5.53. The van der Waals surface area contributed by atoms with Gasteiger partial charge in [0.05, 0.1) is 13.0 Å². The molecule has 1 saturated carbocycles. The van der Waals surface area contributed by atoms with Crippen LogP contribution in [0.2, 0.25) is 0 Å². The highest BCUT2D eigenvalue weighted by Crippen LogP contribution is 2.51. The fourth-order valence-corrected chi connectivity index (χ4v) is 7.19. The van der Waals surface area contributed by atoms with Crippen molar-refractivity contribution >= 4 is 35.4 Å². The van der Waals surface area contributed by atoms with Crippen molar-refractivity contribution in [3.63, 3.8) is 0 Å². The first kappa shape index (κ1) is 45.2. The third-order valence-electron chi connectivity index (χ3n) is 7.40. The molecule has 0 spiro atoms. The second-order valence-electron chi connectivity index (χ2n) is 11.6. The number of hydrogen-bond donors (Lipinski definition) is 9. The van der Waals surface area contributed by atoms with E-state index in [9.17, 15) is 43.5 Å². The molecule has 1 aliphatic carbocycles. The summed E-state index contributed by atoms with van der Waals surface area (Å²) in [6.07, 6.45) is -3.49. The largest absolute Gasteiger partial charge is 0.481 e. The maximum atomic E-state index is 12.7. The van der Waals surface area contributed by atoms with E-state index in [0.717, 1.165) is 32.1 Å². The lowest BCUT2D eigenvalue weighted by molar-refractivity contribution is -0.213. The molecule has 0 saturated heterocycles. The van der Waals surface area contributed by atoms with Crippen LogP contribution < -0.4 is 0 Å². The number of aliphatic carboxylic acids is 1. The standard InChI is InChI=1S/C26H51O19P3/c1-2-3-4-5-6-7-8-9-10-11-12-13-14-15-20(29)42-18(16-19(27)28)17-41-48(39,40)45-26-22(31)24(43-46(33,34)35)21(30)25(23(26)32)44-47(36,37)38/h18,21-26,30-32H,2-17H2,1H3,(H,27,28)(H,39,40)(H2,33,34,35)(H2,36,37,38)/t18-,21-,22+,23?,24?,25-,26?/m1/s1. The van der Waals surface area contributed by atoms with Crippen molar-refractivity contribution in [2.75, 3.05) is 6.61 Å². The van der Waals surface area contributed by atoms with Gasteiger partial charge in [0.1, 0.15) is 42.7 Å². The van der Waals surface area contributed by atoms with Crippen molar-refractivity contribution in [1.82, 2.24) is 0 Å². The molecule has 0 amide bonds. The second-order valence-corrected chi connectivity index (χ2v) is 15.4. The summed E-state index contributed by atoms with van der Waals surface area (Å²) in [7, 11) is -16.6. The molecule has 19 nitrogen and oxygen atoms in total. The smallest absolute Gasteiger partial charge is 0.472 e. The average Bonchev–Trinajstić information content (AvgIpc) is 2.96.